The molecule has 1 saturated heterocycles. The Morgan fingerprint density at radius 2 is 2.10 bits per heavy atom. The summed E-state index contributed by atoms with van der Waals surface area (Å²) in [4.78, 5) is 20.6. The Bertz CT molecular complexity index is 1080. The molecule has 5 nitrogen and oxygen atoms in total. The van der Waals surface area contributed by atoms with Crippen LogP contribution in [0.15, 0.2) is 30.3 Å². The molecule has 0 saturated carbocycles. The van der Waals surface area contributed by atoms with Gasteiger partial charge in [-0.25, -0.2) is 4.98 Å². The van der Waals surface area contributed by atoms with Gasteiger partial charge in [-0.1, -0.05) is 18.1 Å². The largest absolute Gasteiger partial charge is 0.417 e. The van der Waals surface area contributed by atoms with E-state index in [0.717, 1.165) is 11.6 Å². The van der Waals surface area contributed by atoms with Gasteiger partial charge in [0.25, 0.3) is 5.91 Å². The second-order valence-corrected chi connectivity index (χ2v) is 7.44. The highest BCUT2D eigenvalue weighted by Crippen LogP contribution is 2.38. The van der Waals surface area contributed by atoms with Crippen molar-refractivity contribution in [3.05, 3.63) is 52.7 Å². The molecule has 1 atom stereocenters. The normalized spacial score (nSPS) is 16.0. The Morgan fingerprint density at radius 1 is 1.35 bits per heavy atom. The highest BCUT2D eigenvalue weighted by Gasteiger charge is 2.40. The Hall–Kier alpha value is -3.52. The fraction of sp³-hybridized carbons (Fsp3) is 0.348. The lowest BCUT2D eigenvalue weighted by atomic mass is 10.1. The van der Waals surface area contributed by atoms with Crippen LogP contribution in [-0.4, -0.2) is 30.0 Å². The van der Waals surface area contributed by atoms with Gasteiger partial charge in [0.1, 0.15) is 23.5 Å². The molecule has 0 radical (unpaired) electrons. The van der Waals surface area contributed by atoms with Crippen molar-refractivity contribution in [3.63, 3.8) is 0 Å². The Balaban J connectivity index is 2.05. The van der Waals surface area contributed by atoms with Crippen LogP contribution in [-0.2, 0) is 11.0 Å². The summed E-state index contributed by atoms with van der Waals surface area (Å²) in [6.45, 7) is 3.66. The molecule has 1 unspecified atom stereocenters. The number of carbonyl (C=O) groups is 1. The minimum Gasteiger partial charge on any atom is -0.343 e. The number of pyridine rings is 1. The third kappa shape index (κ3) is 4.49. The van der Waals surface area contributed by atoms with Crippen molar-refractivity contribution in [1.29, 1.82) is 5.26 Å². The van der Waals surface area contributed by atoms with Crippen LogP contribution in [0.3, 0.4) is 0 Å². The number of aryl methyl sites for hydroxylation is 2. The minimum atomic E-state index is -4.70. The maximum atomic E-state index is 13.5. The van der Waals surface area contributed by atoms with Crippen molar-refractivity contribution in [1.82, 2.24) is 4.98 Å². The molecule has 160 valence electrons. The van der Waals surface area contributed by atoms with Gasteiger partial charge in [-0.15, -0.1) is 6.42 Å². The van der Waals surface area contributed by atoms with E-state index in [1.807, 2.05) is 19.1 Å². The topological polar surface area (TPSA) is 60.2 Å². The van der Waals surface area contributed by atoms with E-state index in [1.54, 1.807) is 18.2 Å². The van der Waals surface area contributed by atoms with Crippen molar-refractivity contribution in [2.24, 2.45) is 0 Å². The molecule has 1 fully saturated rings. The van der Waals surface area contributed by atoms with Crippen LogP contribution in [0.2, 0.25) is 0 Å². The van der Waals surface area contributed by atoms with Gasteiger partial charge < -0.3 is 4.90 Å². The molecular formula is C23H21F3N4O. The Kier molecular flexibility index (Phi) is 6.21. The molecule has 31 heavy (non-hydrogen) atoms. The first-order chi connectivity index (χ1) is 14.7. The van der Waals surface area contributed by atoms with Gasteiger partial charge in [-0.2, -0.15) is 18.4 Å². The third-order valence-corrected chi connectivity index (χ3v) is 5.18. The summed E-state index contributed by atoms with van der Waals surface area (Å²) < 4.78 is 40.6. The van der Waals surface area contributed by atoms with Crippen LogP contribution >= 0.6 is 0 Å². The number of alkyl halides is 3. The number of nitriles is 1. The molecule has 1 aromatic carbocycles. The molecule has 3 rings (SSSR count). The van der Waals surface area contributed by atoms with Gasteiger partial charge in [0, 0.05) is 17.9 Å². The van der Waals surface area contributed by atoms with E-state index in [2.05, 4.69) is 10.9 Å². The van der Waals surface area contributed by atoms with Gasteiger partial charge in [0.15, 0.2) is 0 Å². The molecule has 0 spiro atoms. The molecule has 2 aromatic rings. The lowest BCUT2D eigenvalue weighted by molar-refractivity contribution is -0.137. The molecule has 1 aliphatic rings. The standard InChI is InChI=1S/C23H21F3N4O/c1-4-10-29(17-8-5-7-15(2)12-17)22(31)20-9-6-11-30(20)21-18(14-27)19(23(24,25)26)13-16(3)28-21/h1,5,7-8,12-13,20H,6,9-11H2,2-3H3. The lowest BCUT2D eigenvalue weighted by Crippen LogP contribution is -2.47. The number of hydrogen-bond donors (Lipinski definition) is 0. The van der Waals surface area contributed by atoms with Crippen LogP contribution < -0.4 is 9.80 Å². The maximum Gasteiger partial charge on any atom is 0.417 e. The predicted molar refractivity (Wildman–Crippen MR) is 111 cm³/mol. The zero-order valence-electron chi connectivity index (χ0n) is 17.2. The Morgan fingerprint density at radius 3 is 2.71 bits per heavy atom. The summed E-state index contributed by atoms with van der Waals surface area (Å²) in [5, 5.41) is 9.50. The summed E-state index contributed by atoms with van der Waals surface area (Å²) in [7, 11) is 0. The predicted octanol–water partition coefficient (Wildman–Crippen LogP) is 4.22. The summed E-state index contributed by atoms with van der Waals surface area (Å²) in [6, 6.07) is 9.01. The number of carbonyl (C=O) groups excluding carboxylic acids is 1. The molecule has 0 N–H and O–H groups in total. The van der Waals surface area contributed by atoms with Gasteiger partial charge in [0.2, 0.25) is 0 Å². The minimum absolute atomic E-state index is 0.0206. The SMILES string of the molecule is C#CCN(C(=O)C1CCCN1c1nc(C)cc(C(F)(F)F)c1C#N)c1cccc(C)c1. The molecule has 1 aliphatic heterocycles. The number of nitrogens with zero attached hydrogens (tertiary/aromatic N) is 4. The summed E-state index contributed by atoms with van der Waals surface area (Å²) >= 11 is 0. The summed E-state index contributed by atoms with van der Waals surface area (Å²) in [6.07, 6.45) is 1.78. The fourth-order valence-corrected chi connectivity index (χ4v) is 3.84. The fourth-order valence-electron chi connectivity index (χ4n) is 3.84. The monoisotopic (exact) mass is 426 g/mol. The number of aromatic nitrogens is 1. The number of terminal acetylenes is 1. The summed E-state index contributed by atoms with van der Waals surface area (Å²) in [5.41, 5.74) is 0.0613. The van der Waals surface area contributed by atoms with E-state index < -0.39 is 23.3 Å². The van der Waals surface area contributed by atoms with Crippen molar-refractivity contribution in [3.8, 4) is 18.4 Å². The second-order valence-electron chi connectivity index (χ2n) is 7.44. The molecule has 8 heteroatoms. The van der Waals surface area contributed by atoms with Gasteiger partial charge in [0.05, 0.1) is 12.1 Å². The molecule has 0 aliphatic carbocycles. The highest BCUT2D eigenvalue weighted by atomic mass is 19.4. The number of amides is 1. The molecule has 2 heterocycles. The molecular weight excluding hydrogens is 405 g/mol. The van der Waals surface area contributed by atoms with Crippen LogP contribution in [0.25, 0.3) is 0 Å². The van der Waals surface area contributed by atoms with Crippen LogP contribution in [0.5, 0.6) is 0 Å². The zero-order chi connectivity index (χ0) is 22.8. The first-order valence-electron chi connectivity index (χ1n) is 9.74. The van der Waals surface area contributed by atoms with E-state index in [1.165, 1.54) is 16.7 Å². The number of anilines is 2. The number of benzene rings is 1. The van der Waals surface area contributed by atoms with E-state index in [0.29, 0.717) is 25.1 Å². The van der Waals surface area contributed by atoms with Gasteiger partial charge in [-0.3, -0.25) is 9.69 Å². The molecule has 1 amide bonds. The molecule has 1 aromatic heterocycles. The maximum absolute atomic E-state index is 13.5. The lowest BCUT2D eigenvalue weighted by Gasteiger charge is -2.31. The number of halogens is 3. The second kappa shape index (κ2) is 8.69. The van der Waals surface area contributed by atoms with E-state index >= 15 is 0 Å². The van der Waals surface area contributed by atoms with Crippen molar-refractivity contribution < 1.29 is 18.0 Å². The first-order valence-corrected chi connectivity index (χ1v) is 9.74. The quantitative estimate of drug-likeness (QED) is 0.687. The van der Waals surface area contributed by atoms with Gasteiger partial charge >= 0.3 is 6.18 Å². The Labute approximate surface area is 179 Å². The van der Waals surface area contributed by atoms with Crippen LogP contribution in [0, 0.1) is 37.5 Å². The highest BCUT2D eigenvalue weighted by molar-refractivity contribution is 6.00. The number of hydrogen-bond acceptors (Lipinski definition) is 4. The van der Waals surface area contributed by atoms with Crippen molar-refractivity contribution >= 4 is 17.4 Å². The third-order valence-electron chi connectivity index (χ3n) is 5.18. The number of rotatable bonds is 4. The van der Waals surface area contributed by atoms with Crippen molar-refractivity contribution in [2.45, 2.75) is 38.9 Å². The van der Waals surface area contributed by atoms with Crippen LogP contribution in [0.4, 0.5) is 24.7 Å². The molecule has 0 bridgehead atoms. The van der Waals surface area contributed by atoms with E-state index in [9.17, 15) is 23.2 Å². The van der Waals surface area contributed by atoms with Crippen LogP contribution in [0.1, 0.15) is 35.2 Å². The smallest absolute Gasteiger partial charge is 0.343 e. The average molecular weight is 426 g/mol. The zero-order valence-corrected chi connectivity index (χ0v) is 17.2. The summed E-state index contributed by atoms with van der Waals surface area (Å²) in [5.74, 6) is 2.03. The van der Waals surface area contributed by atoms with Gasteiger partial charge in [-0.05, 0) is 50.5 Å². The first kappa shape index (κ1) is 22.2. The van der Waals surface area contributed by atoms with Crippen molar-refractivity contribution in [2.75, 3.05) is 22.9 Å². The average Bonchev–Trinajstić information content (AvgIpc) is 3.20. The van der Waals surface area contributed by atoms with E-state index in [4.69, 9.17) is 6.42 Å². The van der Waals surface area contributed by atoms with E-state index in [-0.39, 0.29) is 24.0 Å².